The van der Waals surface area contributed by atoms with Gasteiger partial charge in [-0.2, -0.15) is 0 Å². The molecule has 0 amide bonds. The van der Waals surface area contributed by atoms with Gasteiger partial charge in [0.05, 0.1) is 38.0 Å². The zero-order chi connectivity index (χ0) is 12.0. The molecule has 2 rings (SSSR count). The zero-order valence-corrected chi connectivity index (χ0v) is 10.1. The Kier molecular flexibility index (Phi) is 5.11. The molecule has 2 bridgehead atoms. The summed E-state index contributed by atoms with van der Waals surface area (Å²) in [6.07, 6.45) is -0.0615. The molecule has 0 aromatic carbocycles. The molecule has 2 saturated heterocycles. The summed E-state index contributed by atoms with van der Waals surface area (Å²) >= 11 is 0. The molecule has 0 aliphatic carbocycles. The molecular formula is C10H20NO6+. The Morgan fingerprint density at radius 1 is 0.765 bits per heavy atom. The van der Waals surface area contributed by atoms with Crippen LogP contribution in [0.5, 0.6) is 0 Å². The summed E-state index contributed by atoms with van der Waals surface area (Å²) in [6, 6.07) is 0. The number of rotatable bonds is 0. The van der Waals surface area contributed by atoms with Crippen LogP contribution in [0.2, 0.25) is 0 Å². The average Bonchev–Trinajstić information content (AvgIpc) is 2.36. The molecule has 0 radical (unpaired) electrons. The van der Waals surface area contributed by atoms with Crippen molar-refractivity contribution in [3.63, 3.8) is 0 Å². The van der Waals surface area contributed by atoms with E-state index in [-0.39, 0.29) is 11.1 Å². The molecule has 7 nitrogen and oxygen atoms in total. The largest absolute Gasteiger partial charge is 0.376 e. The summed E-state index contributed by atoms with van der Waals surface area (Å²) in [5.74, 6) is 0. The fourth-order valence-electron chi connectivity index (χ4n) is 1.63. The van der Waals surface area contributed by atoms with Gasteiger partial charge in [0.25, 0.3) is 0 Å². The Labute approximate surface area is 101 Å². The molecule has 2 aliphatic heterocycles. The van der Waals surface area contributed by atoms with Gasteiger partial charge in [0.1, 0.15) is 25.9 Å². The Hall–Kier alpha value is -0.280. The van der Waals surface area contributed by atoms with Crippen LogP contribution >= 0.6 is 0 Å². The lowest BCUT2D eigenvalue weighted by Crippen LogP contribution is -2.45. The van der Waals surface area contributed by atoms with Crippen LogP contribution in [0, 0.1) is 0 Å². The molecule has 7 heteroatoms. The predicted octanol–water partition coefficient (Wildman–Crippen LogP) is -0.327. The van der Waals surface area contributed by atoms with E-state index < -0.39 is 0 Å². The fraction of sp³-hybridized carbons (Fsp3) is 1.00. The van der Waals surface area contributed by atoms with Crippen LogP contribution in [0.3, 0.4) is 0 Å². The van der Waals surface area contributed by atoms with E-state index in [9.17, 15) is 0 Å². The van der Waals surface area contributed by atoms with Crippen molar-refractivity contribution in [1.82, 2.24) is 0 Å². The van der Waals surface area contributed by atoms with Crippen LogP contribution in [0.15, 0.2) is 0 Å². The highest BCUT2D eigenvalue weighted by Gasteiger charge is 2.30. The number of fused-ring (bicyclic) bond motifs is 5. The fourth-order valence-corrected chi connectivity index (χ4v) is 1.63. The van der Waals surface area contributed by atoms with Crippen molar-refractivity contribution < 1.29 is 33.7 Å². The van der Waals surface area contributed by atoms with Crippen molar-refractivity contribution in [2.24, 2.45) is 0 Å². The van der Waals surface area contributed by atoms with Crippen LogP contribution in [-0.4, -0.2) is 71.0 Å². The smallest absolute Gasteiger partial charge is 0.168 e. The monoisotopic (exact) mass is 250 g/mol. The van der Waals surface area contributed by atoms with Gasteiger partial charge in [0.15, 0.2) is 7.05 Å². The number of ether oxygens (including phenoxy) is 3. The molecule has 0 N–H and O–H groups in total. The van der Waals surface area contributed by atoms with Gasteiger partial charge in [-0.25, -0.2) is 0 Å². The molecule has 0 aromatic rings. The van der Waals surface area contributed by atoms with E-state index in [1.807, 2.05) is 0 Å². The lowest BCUT2D eigenvalue weighted by molar-refractivity contribution is -1.36. The Balaban J connectivity index is 2.01. The molecule has 0 atom stereocenters. The minimum atomic E-state index is -0.360. The van der Waals surface area contributed by atoms with E-state index in [2.05, 4.69) is 0 Å². The van der Waals surface area contributed by atoms with Gasteiger partial charge in [0, 0.05) is 0 Å². The van der Waals surface area contributed by atoms with E-state index in [1.54, 1.807) is 7.05 Å². The highest BCUT2D eigenvalue weighted by molar-refractivity contribution is 4.56. The lowest BCUT2D eigenvalue weighted by Gasteiger charge is -2.25. The van der Waals surface area contributed by atoms with Crippen LogP contribution in [0.1, 0.15) is 0 Å². The van der Waals surface area contributed by atoms with Gasteiger partial charge >= 0.3 is 0 Å². The molecule has 100 valence electrons. The Morgan fingerprint density at radius 2 is 1.29 bits per heavy atom. The van der Waals surface area contributed by atoms with E-state index in [0.717, 1.165) is 0 Å². The highest BCUT2D eigenvalue weighted by Crippen LogP contribution is 2.10. The Bertz CT molecular complexity index is 213. The first-order valence-corrected chi connectivity index (χ1v) is 5.86. The minimum Gasteiger partial charge on any atom is -0.376 e. The number of hydrogen-bond acceptors (Lipinski definition) is 6. The maximum atomic E-state index is 5.60. The predicted molar refractivity (Wildman–Crippen MR) is 55.4 cm³/mol. The molecule has 0 aromatic heterocycles. The van der Waals surface area contributed by atoms with Gasteiger partial charge in [-0.1, -0.05) is 0 Å². The second kappa shape index (κ2) is 6.60. The summed E-state index contributed by atoms with van der Waals surface area (Å²) in [4.78, 5) is 16.1. The zero-order valence-electron chi connectivity index (χ0n) is 10.1. The highest BCUT2D eigenvalue weighted by atomic mass is 17.2. The normalized spacial score (nSPS) is 37.6. The summed E-state index contributed by atoms with van der Waals surface area (Å²) < 4.78 is 16.5. The minimum absolute atomic E-state index is 0.0615. The van der Waals surface area contributed by atoms with Crippen LogP contribution in [0.25, 0.3) is 0 Å². The van der Waals surface area contributed by atoms with Gasteiger partial charge in [0.2, 0.25) is 0 Å². The maximum Gasteiger partial charge on any atom is 0.168 e. The van der Waals surface area contributed by atoms with Crippen LogP contribution < -0.4 is 0 Å². The summed E-state index contributed by atoms with van der Waals surface area (Å²) in [5.41, 5.74) is 0. The second-order valence-electron chi connectivity index (χ2n) is 3.91. The molecule has 0 saturated carbocycles. The topological polar surface area (TPSA) is 55.4 Å². The summed E-state index contributed by atoms with van der Waals surface area (Å²) in [5, 5.41) is 0. The van der Waals surface area contributed by atoms with Gasteiger partial charge in [-0.3, -0.25) is 0 Å². The molecular weight excluding hydrogens is 230 g/mol. The third-order valence-electron chi connectivity index (χ3n) is 2.48. The number of nitrogens with zero attached hydrogens (tertiary/aromatic N) is 1. The van der Waals surface area contributed by atoms with Crippen molar-refractivity contribution in [3.8, 4) is 0 Å². The molecule has 2 aliphatic rings. The standard InChI is InChI=1S/C10H20NO6/c1-11-15-5-2-12-8-10(14-4-7-17-11)9-13-3-6-16-11/h10H,2-9H2,1H3/q+1. The summed E-state index contributed by atoms with van der Waals surface area (Å²) in [6.45, 7) is 3.63. The van der Waals surface area contributed by atoms with Gasteiger partial charge < -0.3 is 14.2 Å². The van der Waals surface area contributed by atoms with Crippen LogP contribution in [-0.2, 0) is 28.7 Å². The van der Waals surface area contributed by atoms with E-state index in [4.69, 9.17) is 28.7 Å². The lowest BCUT2D eigenvalue weighted by atomic mass is 10.4. The molecule has 17 heavy (non-hydrogen) atoms. The van der Waals surface area contributed by atoms with E-state index in [0.29, 0.717) is 52.9 Å². The summed E-state index contributed by atoms with van der Waals surface area (Å²) in [7, 11) is 1.69. The molecule has 2 heterocycles. The van der Waals surface area contributed by atoms with Crippen molar-refractivity contribution >= 4 is 0 Å². The van der Waals surface area contributed by atoms with Crippen molar-refractivity contribution in [1.29, 1.82) is 0 Å². The molecule has 0 spiro atoms. The van der Waals surface area contributed by atoms with Crippen molar-refractivity contribution in [3.05, 3.63) is 0 Å². The third kappa shape index (κ3) is 4.47. The maximum absolute atomic E-state index is 5.60. The first-order valence-electron chi connectivity index (χ1n) is 5.86. The van der Waals surface area contributed by atoms with E-state index >= 15 is 0 Å². The second-order valence-corrected chi connectivity index (χ2v) is 3.91. The number of quaternary nitrogens is 1. The average molecular weight is 250 g/mol. The van der Waals surface area contributed by atoms with Gasteiger partial charge in [-0.15, -0.1) is 14.5 Å². The third-order valence-corrected chi connectivity index (χ3v) is 2.48. The first kappa shape index (κ1) is 13.2. The number of hydroxylamine groups is 3. The van der Waals surface area contributed by atoms with Crippen molar-refractivity contribution in [2.75, 3.05) is 59.9 Å². The molecule has 0 unspecified atom stereocenters. The number of hydrogen-bond donors (Lipinski definition) is 0. The SMILES string of the molecule is C[N+]12OCCOCC(COCCO1)OCCO2. The quantitative estimate of drug-likeness (QED) is 0.549. The first-order chi connectivity index (χ1) is 8.29. The molecule has 2 fully saturated rings. The Morgan fingerprint density at radius 3 is 1.88 bits per heavy atom. The van der Waals surface area contributed by atoms with E-state index in [1.165, 1.54) is 0 Å². The van der Waals surface area contributed by atoms with Crippen molar-refractivity contribution in [2.45, 2.75) is 6.10 Å². The van der Waals surface area contributed by atoms with Crippen LogP contribution in [0.4, 0.5) is 0 Å². The van der Waals surface area contributed by atoms with Gasteiger partial charge in [-0.05, 0) is 0 Å².